The fraction of sp³-hybridized carbons (Fsp3) is 0.286. The summed E-state index contributed by atoms with van der Waals surface area (Å²) in [5.41, 5.74) is 6.98. The van der Waals surface area contributed by atoms with Crippen LogP contribution in [0.15, 0.2) is 23.5 Å². The highest BCUT2D eigenvalue weighted by Crippen LogP contribution is 1.99. The molecule has 0 amide bonds. The molecule has 2 N–H and O–H groups in total. The zero-order chi connectivity index (χ0) is 8.10. The molecule has 0 aliphatic rings. The zero-order valence-electron chi connectivity index (χ0n) is 6.03. The Morgan fingerprint density at radius 2 is 2.36 bits per heavy atom. The van der Waals surface area contributed by atoms with Crippen LogP contribution in [0.4, 0.5) is 0 Å². The molecule has 58 valence electrons. The van der Waals surface area contributed by atoms with E-state index in [1.807, 2.05) is 6.07 Å². The van der Waals surface area contributed by atoms with Crippen LogP contribution in [-0.2, 0) is 13.1 Å². The minimum absolute atomic E-state index is 0.130. The van der Waals surface area contributed by atoms with Crippen LogP contribution >= 0.6 is 0 Å². The Balaban J connectivity index is 2.74. The third-order valence-corrected chi connectivity index (χ3v) is 1.35. The summed E-state index contributed by atoms with van der Waals surface area (Å²) in [5.74, 6) is 0. The van der Waals surface area contributed by atoms with Crippen LogP contribution in [0.25, 0.3) is 0 Å². The molecule has 0 radical (unpaired) electrons. The largest absolute Gasteiger partial charge is 0.326 e. The van der Waals surface area contributed by atoms with Gasteiger partial charge in [-0.15, -0.1) is 0 Å². The van der Waals surface area contributed by atoms with Gasteiger partial charge in [0.05, 0.1) is 5.69 Å². The molecule has 0 spiro atoms. The molecule has 1 aromatic rings. The predicted molar refractivity (Wildman–Crippen MR) is 41.6 cm³/mol. The van der Waals surface area contributed by atoms with Crippen molar-refractivity contribution < 1.29 is 0 Å². The van der Waals surface area contributed by atoms with E-state index in [4.69, 9.17) is 5.73 Å². The Morgan fingerprint density at radius 3 is 2.82 bits per heavy atom. The van der Waals surface area contributed by atoms with Gasteiger partial charge in [0.2, 0.25) is 0 Å². The summed E-state index contributed by atoms with van der Waals surface area (Å²) in [4.78, 5) is 13.8. The van der Waals surface area contributed by atoms with Crippen molar-refractivity contribution in [2.45, 2.75) is 13.1 Å². The van der Waals surface area contributed by atoms with Gasteiger partial charge in [-0.25, -0.2) is 0 Å². The number of hydrogen-bond donors (Lipinski definition) is 1. The maximum atomic E-state index is 9.81. The van der Waals surface area contributed by atoms with E-state index in [-0.39, 0.29) is 6.54 Å². The molecule has 0 fully saturated rings. The lowest BCUT2D eigenvalue weighted by molar-refractivity contribution is 0.956. The topological polar surface area (TPSA) is 68.3 Å². The summed E-state index contributed by atoms with van der Waals surface area (Å²) in [6, 6.07) is 3.59. The second-order valence-electron chi connectivity index (χ2n) is 2.15. The van der Waals surface area contributed by atoms with Gasteiger partial charge in [0.15, 0.2) is 0 Å². The van der Waals surface area contributed by atoms with Crippen LogP contribution in [0.2, 0.25) is 0 Å². The van der Waals surface area contributed by atoms with E-state index < -0.39 is 0 Å². The van der Waals surface area contributed by atoms with E-state index in [2.05, 4.69) is 10.2 Å². The summed E-state index contributed by atoms with van der Waals surface area (Å²) in [7, 11) is 0. The van der Waals surface area contributed by atoms with Crippen LogP contribution in [0.3, 0.4) is 0 Å². The highest BCUT2D eigenvalue weighted by molar-refractivity contribution is 5.13. The molecule has 0 atom stereocenters. The summed E-state index contributed by atoms with van der Waals surface area (Å²) in [6.45, 7) is 0.604. The molecule has 0 saturated carbocycles. The molecule has 0 unspecified atom stereocenters. The molecule has 0 saturated heterocycles. The molecule has 0 aliphatic carbocycles. The van der Waals surface area contributed by atoms with Gasteiger partial charge in [0, 0.05) is 12.7 Å². The van der Waals surface area contributed by atoms with E-state index in [0.717, 1.165) is 5.56 Å². The van der Waals surface area contributed by atoms with Gasteiger partial charge in [-0.2, -0.15) is 4.91 Å². The second kappa shape index (κ2) is 3.78. The fourth-order valence-corrected chi connectivity index (χ4v) is 0.736. The maximum absolute atomic E-state index is 9.81. The number of nitrogens with zero attached hydrogens (tertiary/aromatic N) is 2. The number of pyridine rings is 1. The third kappa shape index (κ3) is 2.09. The van der Waals surface area contributed by atoms with Gasteiger partial charge in [0.1, 0.15) is 6.54 Å². The van der Waals surface area contributed by atoms with Gasteiger partial charge in [-0.3, -0.25) is 4.98 Å². The van der Waals surface area contributed by atoms with Crippen molar-refractivity contribution in [1.29, 1.82) is 0 Å². The molecular formula is C7H9N3O. The molecule has 0 aliphatic heterocycles. The van der Waals surface area contributed by atoms with Crippen molar-refractivity contribution in [3.05, 3.63) is 34.5 Å². The van der Waals surface area contributed by atoms with Crippen molar-refractivity contribution >= 4 is 0 Å². The molecule has 0 bridgehead atoms. The standard InChI is InChI=1S/C7H9N3O/c8-3-6-1-2-7(5-10-11)9-4-6/h1-2,4H,3,5,8H2. The number of nitroso groups, excluding NO2 is 1. The zero-order valence-corrected chi connectivity index (χ0v) is 6.03. The fourth-order valence-electron chi connectivity index (χ4n) is 0.736. The first-order chi connectivity index (χ1) is 5.36. The summed E-state index contributed by atoms with van der Waals surface area (Å²) in [5, 5.41) is 2.72. The highest BCUT2D eigenvalue weighted by atomic mass is 16.3. The maximum Gasteiger partial charge on any atom is 0.123 e. The van der Waals surface area contributed by atoms with Crippen molar-refractivity contribution in [3.8, 4) is 0 Å². The highest BCUT2D eigenvalue weighted by Gasteiger charge is 1.93. The van der Waals surface area contributed by atoms with Crippen LogP contribution in [0, 0.1) is 4.91 Å². The van der Waals surface area contributed by atoms with Gasteiger partial charge in [-0.1, -0.05) is 11.2 Å². The Hall–Kier alpha value is -1.29. The number of hydrogen-bond acceptors (Lipinski definition) is 4. The SMILES string of the molecule is NCc1ccc(CN=O)nc1. The van der Waals surface area contributed by atoms with Gasteiger partial charge in [-0.05, 0) is 11.6 Å². The van der Waals surface area contributed by atoms with Crippen LogP contribution < -0.4 is 5.73 Å². The van der Waals surface area contributed by atoms with Crippen molar-refractivity contribution in [2.24, 2.45) is 10.9 Å². The first kappa shape index (κ1) is 7.81. The Morgan fingerprint density at radius 1 is 1.55 bits per heavy atom. The first-order valence-corrected chi connectivity index (χ1v) is 3.30. The second-order valence-corrected chi connectivity index (χ2v) is 2.15. The van der Waals surface area contributed by atoms with Crippen molar-refractivity contribution in [2.75, 3.05) is 0 Å². The van der Waals surface area contributed by atoms with Gasteiger partial charge < -0.3 is 5.73 Å². The molecule has 0 aromatic carbocycles. The van der Waals surface area contributed by atoms with E-state index in [0.29, 0.717) is 12.2 Å². The number of aromatic nitrogens is 1. The lowest BCUT2D eigenvalue weighted by Gasteiger charge is -1.95. The number of rotatable bonds is 3. The van der Waals surface area contributed by atoms with Crippen LogP contribution in [-0.4, -0.2) is 4.98 Å². The van der Waals surface area contributed by atoms with Crippen LogP contribution in [0.1, 0.15) is 11.3 Å². The monoisotopic (exact) mass is 151 g/mol. The molecule has 11 heavy (non-hydrogen) atoms. The molecule has 1 rings (SSSR count). The average Bonchev–Trinajstić information content (AvgIpc) is 2.07. The lowest BCUT2D eigenvalue weighted by atomic mass is 10.2. The predicted octanol–water partition coefficient (Wildman–Crippen LogP) is 0.807. The Bertz CT molecular complexity index is 232. The quantitative estimate of drug-likeness (QED) is 0.650. The van der Waals surface area contributed by atoms with Gasteiger partial charge >= 0.3 is 0 Å². The minimum Gasteiger partial charge on any atom is -0.326 e. The average molecular weight is 151 g/mol. The summed E-state index contributed by atoms with van der Waals surface area (Å²) in [6.07, 6.45) is 1.65. The van der Waals surface area contributed by atoms with E-state index in [9.17, 15) is 4.91 Å². The summed E-state index contributed by atoms with van der Waals surface area (Å²) >= 11 is 0. The normalized spacial score (nSPS) is 9.55. The van der Waals surface area contributed by atoms with E-state index >= 15 is 0 Å². The molecule has 1 heterocycles. The van der Waals surface area contributed by atoms with E-state index in [1.54, 1.807) is 12.3 Å². The minimum atomic E-state index is 0.130. The molecular weight excluding hydrogens is 142 g/mol. The molecule has 4 nitrogen and oxygen atoms in total. The van der Waals surface area contributed by atoms with Crippen LogP contribution in [0.5, 0.6) is 0 Å². The number of nitrogens with two attached hydrogens (primary N) is 1. The van der Waals surface area contributed by atoms with E-state index in [1.165, 1.54) is 0 Å². The lowest BCUT2D eigenvalue weighted by Crippen LogP contribution is -1.97. The van der Waals surface area contributed by atoms with Gasteiger partial charge in [0.25, 0.3) is 0 Å². The first-order valence-electron chi connectivity index (χ1n) is 3.30. The Kier molecular flexibility index (Phi) is 2.68. The smallest absolute Gasteiger partial charge is 0.123 e. The third-order valence-electron chi connectivity index (χ3n) is 1.35. The Labute approximate surface area is 64.4 Å². The molecule has 4 heteroatoms. The van der Waals surface area contributed by atoms with Crippen molar-refractivity contribution in [1.82, 2.24) is 4.98 Å². The van der Waals surface area contributed by atoms with Crippen molar-refractivity contribution in [3.63, 3.8) is 0 Å². The summed E-state index contributed by atoms with van der Waals surface area (Å²) < 4.78 is 0. The molecule has 1 aromatic heterocycles.